The van der Waals surface area contributed by atoms with Crippen molar-refractivity contribution < 1.29 is 18.3 Å². The maximum absolute atomic E-state index is 12.9. The summed E-state index contributed by atoms with van der Waals surface area (Å²) in [5.41, 5.74) is 0.0154. The summed E-state index contributed by atoms with van der Waals surface area (Å²) in [6.45, 7) is -0.0678. The number of aliphatic hydroxyl groups is 1. The fourth-order valence-corrected chi connectivity index (χ4v) is 2.70. The predicted octanol–water partition coefficient (Wildman–Crippen LogP) is 3.21. The van der Waals surface area contributed by atoms with Gasteiger partial charge >= 0.3 is 6.18 Å². The van der Waals surface area contributed by atoms with Crippen LogP contribution >= 0.6 is 11.8 Å². The molecule has 1 N–H and O–H groups in total. The number of halogens is 3. The number of hydrogen-bond acceptors (Lipinski definition) is 3. The summed E-state index contributed by atoms with van der Waals surface area (Å²) in [6, 6.07) is 7.52. The van der Waals surface area contributed by atoms with Crippen LogP contribution < -0.4 is 0 Å². The van der Waals surface area contributed by atoms with Gasteiger partial charge in [0.2, 0.25) is 0 Å². The van der Waals surface area contributed by atoms with Crippen molar-refractivity contribution in [3.63, 3.8) is 0 Å². The van der Waals surface area contributed by atoms with E-state index in [4.69, 9.17) is 5.11 Å². The van der Waals surface area contributed by atoms with Gasteiger partial charge in [-0.3, -0.25) is 4.68 Å². The molecule has 2 aromatic rings. The van der Waals surface area contributed by atoms with Crippen molar-refractivity contribution in [2.45, 2.75) is 24.0 Å². The lowest BCUT2D eigenvalue weighted by atomic mass is 10.2. The van der Waals surface area contributed by atoms with Crippen LogP contribution in [0.25, 0.3) is 0 Å². The Bertz CT molecular complexity index is 611. The Balaban J connectivity index is 2.32. The van der Waals surface area contributed by atoms with E-state index in [1.54, 1.807) is 0 Å². The van der Waals surface area contributed by atoms with Crippen LogP contribution in [-0.4, -0.2) is 27.7 Å². The third-order valence-electron chi connectivity index (χ3n) is 3.01. The molecule has 0 bridgehead atoms. The Morgan fingerprint density at radius 1 is 1.24 bits per heavy atom. The van der Waals surface area contributed by atoms with Crippen molar-refractivity contribution in [1.82, 2.24) is 9.78 Å². The van der Waals surface area contributed by atoms with E-state index < -0.39 is 11.9 Å². The minimum Gasteiger partial charge on any atom is -0.396 e. The number of aliphatic hydroxyl groups excluding tert-OH is 1. The first-order valence-electron chi connectivity index (χ1n) is 6.32. The molecule has 7 heteroatoms. The average Bonchev–Trinajstić information content (AvgIpc) is 2.83. The summed E-state index contributed by atoms with van der Waals surface area (Å²) in [5.74, 6) is 0. The van der Waals surface area contributed by atoms with Crippen LogP contribution in [-0.2, 0) is 19.1 Å². The highest BCUT2D eigenvalue weighted by Gasteiger charge is 2.36. The van der Waals surface area contributed by atoms with Crippen LogP contribution in [0.15, 0.2) is 35.4 Å². The molecule has 2 rings (SSSR count). The lowest BCUT2D eigenvalue weighted by molar-refractivity contribution is -0.142. The Hall–Kier alpha value is -1.47. The summed E-state index contributed by atoms with van der Waals surface area (Å²) >= 11 is 1.54. The highest BCUT2D eigenvalue weighted by molar-refractivity contribution is 7.98. The molecule has 0 saturated heterocycles. The summed E-state index contributed by atoms with van der Waals surface area (Å²) in [6.07, 6.45) is -1.29. The first-order chi connectivity index (χ1) is 9.95. The van der Waals surface area contributed by atoms with Crippen molar-refractivity contribution in [2.75, 3.05) is 12.9 Å². The zero-order valence-electron chi connectivity index (χ0n) is 11.4. The molecule has 0 amide bonds. The SMILES string of the molecule is CSc1ccccc1Cn1cc(CCO)c(C(F)(F)F)n1. The molecule has 3 nitrogen and oxygen atoms in total. The van der Waals surface area contributed by atoms with Crippen molar-refractivity contribution in [3.8, 4) is 0 Å². The third-order valence-corrected chi connectivity index (χ3v) is 3.85. The second-order valence-corrected chi connectivity index (χ2v) is 5.33. The Morgan fingerprint density at radius 3 is 2.57 bits per heavy atom. The monoisotopic (exact) mass is 316 g/mol. The van der Waals surface area contributed by atoms with Gasteiger partial charge in [-0.05, 0) is 24.3 Å². The number of thioether (sulfide) groups is 1. The molecule has 0 aliphatic rings. The van der Waals surface area contributed by atoms with Gasteiger partial charge in [-0.15, -0.1) is 11.8 Å². The summed E-state index contributed by atoms with van der Waals surface area (Å²) in [4.78, 5) is 1.00. The van der Waals surface area contributed by atoms with Crippen LogP contribution in [0.5, 0.6) is 0 Å². The molecular formula is C14H15F3N2OS. The fourth-order valence-electron chi connectivity index (χ4n) is 2.09. The molecule has 0 radical (unpaired) electrons. The quantitative estimate of drug-likeness (QED) is 0.861. The van der Waals surface area contributed by atoms with E-state index in [-0.39, 0.29) is 25.1 Å². The van der Waals surface area contributed by atoms with E-state index in [1.165, 1.54) is 22.6 Å². The molecule has 0 saturated carbocycles. The Kier molecular flexibility index (Phi) is 4.95. The minimum atomic E-state index is -4.51. The fraction of sp³-hybridized carbons (Fsp3) is 0.357. The van der Waals surface area contributed by atoms with Crippen LogP contribution in [0.3, 0.4) is 0 Å². The average molecular weight is 316 g/mol. The Morgan fingerprint density at radius 2 is 1.95 bits per heavy atom. The van der Waals surface area contributed by atoms with E-state index in [9.17, 15) is 13.2 Å². The van der Waals surface area contributed by atoms with Gasteiger partial charge in [-0.25, -0.2) is 0 Å². The molecular weight excluding hydrogens is 301 g/mol. The van der Waals surface area contributed by atoms with Gasteiger partial charge in [-0.1, -0.05) is 18.2 Å². The highest BCUT2D eigenvalue weighted by Crippen LogP contribution is 2.31. The second-order valence-electron chi connectivity index (χ2n) is 4.48. The van der Waals surface area contributed by atoms with Crippen LogP contribution in [0.2, 0.25) is 0 Å². The van der Waals surface area contributed by atoms with Crippen molar-refractivity contribution in [3.05, 3.63) is 47.3 Å². The highest BCUT2D eigenvalue weighted by atomic mass is 32.2. The molecule has 114 valence electrons. The number of alkyl halides is 3. The molecule has 1 heterocycles. The zero-order chi connectivity index (χ0) is 15.5. The van der Waals surface area contributed by atoms with Crippen molar-refractivity contribution in [2.24, 2.45) is 0 Å². The van der Waals surface area contributed by atoms with Crippen LogP contribution in [0.4, 0.5) is 13.2 Å². The van der Waals surface area contributed by atoms with Gasteiger partial charge in [0.15, 0.2) is 5.69 Å². The van der Waals surface area contributed by atoms with Gasteiger partial charge in [0.1, 0.15) is 0 Å². The predicted molar refractivity (Wildman–Crippen MR) is 75.3 cm³/mol. The van der Waals surface area contributed by atoms with E-state index in [0.717, 1.165) is 10.5 Å². The van der Waals surface area contributed by atoms with Gasteiger partial charge in [0.25, 0.3) is 0 Å². The zero-order valence-corrected chi connectivity index (χ0v) is 12.2. The molecule has 0 spiro atoms. The molecule has 0 aliphatic heterocycles. The van der Waals surface area contributed by atoms with E-state index in [0.29, 0.717) is 0 Å². The summed E-state index contributed by atoms with van der Waals surface area (Å²) < 4.78 is 40.0. The second kappa shape index (κ2) is 6.53. The molecule has 1 aromatic carbocycles. The molecule has 0 fully saturated rings. The largest absolute Gasteiger partial charge is 0.435 e. The minimum absolute atomic E-state index is 0.0200. The van der Waals surface area contributed by atoms with Gasteiger partial charge in [-0.2, -0.15) is 18.3 Å². The number of rotatable bonds is 5. The summed E-state index contributed by atoms with van der Waals surface area (Å²) in [7, 11) is 0. The molecule has 1 aromatic heterocycles. The van der Waals surface area contributed by atoms with E-state index in [2.05, 4.69) is 5.10 Å². The van der Waals surface area contributed by atoms with E-state index >= 15 is 0 Å². The normalized spacial score (nSPS) is 11.9. The number of nitrogens with zero attached hydrogens (tertiary/aromatic N) is 2. The third kappa shape index (κ3) is 3.79. The smallest absolute Gasteiger partial charge is 0.396 e. The molecule has 21 heavy (non-hydrogen) atoms. The van der Waals surface area contributed by atoms with E-state index in [1.807, 2.05) is 30.5 Å². The first kappa shape index (κ1) is 15.9. The summed E-state index contributed by atoms with van der Waals surface area (Å²) in [5, 5.41) is 12.5. The van der Waals surface area contributed by atoms with Gasteiger partial charge in [0.05, 0.1) is 6.54 Å². The first-order valence-corrected chi connectivity index (χ1v) is 7.54. The molecule has 0 unspecified atom stereocenters. The number of aromatic nitrogens is 2. The maximum Gasteiger partial charge on any atom is 0.435 e. The van der Waals surface area contributed by atoms with Crippen LogP contribution in [0.1, 0.15) is 16.8 Å². The van der Waals surface area contributed by atoms with Crippen molar-refractivity contribution in [1.29, 1.82) is 0 Å². The standard InChI is InChI=1S/C14H15F3N2OS/c1-21-12-5-3-2-4-10(12)8-19-9-11(6-7-20)13(18-19)14(15,16)17/h2-5,9,20H,6-8H2,1H3. The lowest BCUT2D eigenvalue weighted by Crippen LogP contribution is -2.11. The topological polar surface area (TPSA) is 38.0 Å². The van der Waals surface area contributed by atoms with Crippen LogP contribution in [0, 0.1) is 0 Å². The van der Waals surface area contributed by atoms with Gasteiger partial charge < -0.3 is 5.11 Å². The number of benzene rings is 1. The van der Waals surface area contributed by atoms with Gasteiger partial charge in [0, 0.05) is 23.3 Å². The Labute approximate surface area is 124 Å². The maximum atomic E-state index is 12.9. The molecule has 0 aliphatic carbocycles. The lowest BCUT2D eigenvalue weighted by Gasteiger charge is -2.07. The number of hydrogen-bond donors (Lipinski definition) is 1. The van der Waals surface area contributed by atoms with Crippen molar-refractivity contribution >= 4 is 11.8 Å². The molecule has 0 atom stereocenters.